The molecule has 1 radical (unpaired) electrons. The van der Waals surface area contributed by atoms with Crippen LogP contribution >= 0.6 is 0 Å². The first-order valence-corrected chi connectivity index (χ1v) is 20.0. The molecule has 0 saturated carbocycles. The van der Waals surface area contributed by atoms with Crippen molar-refractivity contribution in [2.24, 2.45) is 5.41 Å². The standard InChI is InChI=1S/C34H33N2.C22H22N.Ir/c1-23(2)30-21-29(26-12-8-6-9-13-26)22-31(24(3)4)33(30)36-19-18-35-34(36)28-17-16-25(5)32(20-28)27-14-10-7-11-15-27;1-22(2,3)16-17-9-11-18(12-10-17)20-13-14-23-21(15-20)19-7-5-4-6-8-19;/h6-16,18-24H,1-5H3;4-7,9-15H,16H2,1-3H3;/q2*-1;/i5D3,23D,24D;16D2;. The van der Waals surface area contributed by atoms with Gasteiger partial charge in [-0.2, -0.15) is 0 Å². The summed E-state index contributed by atoms with van der Waals surface area (Å²) in [6.07, 6.45) is 3.95. The minimum Gasteiger partial charge on any atom is -0.340 e. The van der Waals surface area contributed by atoms with Crippen LogP contribution in [-0.2, 0) is 26.5 Å². The van der Waals surface area contributed by atoms with E-state index in [2.05, 4.69) is 22.1 Å². The molecule has 305 valence electrons. The third-order valence-electron chi connectivity index (χ3n) is 9.94. The predicted molar refractivity (Wildman–Crippen MR) is 249 cm³/mol. The van der Waals surface area contributed by atoms with Crippen LogP contribution in [-0.4, -0.2) is 14.5 Å². The molecule has 0 atom stereocenters. The van der Waals surface area contributed by atoms with Crippen LogP contribution in [0.1, 0.15) is 92.1 Å². The van der Waals surface area contributed by atoms with Crippen LogP contribution in [0.3, 0.4) is 0 Å². The maximum Gasteiger partial charge on any atom is 0.0603 e. The van der Waals surface area contributed by atoms with Crippen molar-refractivity contribution < 1.29 is 29.7 Å². The third kappa shape index (κ3) is 10.5. The van der Waals surface area contributed by atoms with Crippen molar-refractivity contribution >= 4 is 0 Å². The van der Waals surface area contributed by atoms with Crippen molar-refractivity contribution in [2.75, 3.05) is 0 Å². The molecule has 0 aliphatic carbocycles. The predicted octanol–water partition coefficient (Wildman–Crippen LogP) is 15.0. The second kappa shape index (κ2) is 19.6. The summed E-state index contributed by atoms with van der Waals surface area (Å²) in [4.78, 5) is 9.12. The van der Waals surface area contributed by atoms with E-state index in [1.807, 2.05) is 199 Å². The van der Waals surface area contributed by atoms with Gasteiger partial charge in [0.1, 0.15) is 0 Å². The number of rotatable bonds is 9. The smallest absolute Gasteiger partial charge is 0.0603 e. The van der Waals surface area contributed by atoms with Crippen molar-refractivity contribution in [1.82, 2.24) is 14.5 Å². The van der Waals surface area contributed by atoms with Gasteiger partial charge in [0.05, 0.1) is 5.82 Å². The van der Waals surface area contributed by atoms with Crippen LogP contribution in [0.2, 0.25) is 0 Å². The fourth-order valence-electron chi connectivity index (χ4n) is 7.10. The zero-order valence-electron chi connectivity index (χ0n) is 42.3. The topological polar surface area (TPSA) is 30.7 Å². The summed E-state index contributed by atoms with van der Waals surface area (Å²) in [6.45, 7) is 10.9. The maximum absolute atomic E-state index is 9.13. The van der Waals surface area contributed by atoms with Gasteiger partial charge in [0, 0.05) is 54.0 Å². The third-order valence-corrected chi connectivity index (χ3v) is 9.94. The van der Waals surface area contributed by atoms with Gasteiger partial charge in [-0.25, -0.2) is 0 Å². The number of hydrogen-bond acceptors (Lipinski definition) is 2. The number of pyridine rings is 1. The molecule has 0 spiro atoms. The van der Waals surface area contributed by atoms with Gasteiger partial charge >= 0.3 is 0 Å². The Kier molecular flexibility index (Phi) is 11.5. The molecule has 0 N–H and O–H groups in total. The summed E-state index contributed by atoms with van der Waals surface area (Å²) < 4.78 is 61.3. The summed E-state index contributed by atoms with van der Waals surface area (Å²) in [6, 6.07) is 52.8. The summed E-state index contributed by atoms with van der Waals surface area (Å²) in [7, 11) is 0. The molecule has 2 aromatic heterocycles. The van der Waals surface area contributed by atoms with Crippen LogP contribution in [0.5, 0.6) is 0 Å². The fraction of sp³-hybridized carbons (Fsp3) is 0.214. The monoisotopic (exact) mass is 969 g/mol. The number of imidazole rings is 1. The molecule has 8 rings (SSSR count). The molecule has 8 aromatic rings. The number of hydrogen-bond donors (Lipinski definition) is 0. The van der Waals surface area contributed by atoms with Crippen molar-refractivity contribution in [2.45, 2.75) is 73.5 Å². The Hall–Kier alpha value is -5.67. The Balaban J connectivity index is 0.000000244. The summed E-state index contributed by atoms with van der Waals surface area (Å²) in [5.41, 5.74) is 10.6. The van der Waals surface area contributed by atoms with Gasteiger partial charge in [0.25, 0.3) is 0 Å². The normalized spacial score (nSPS) is 13.8. The van der Waals surface area contributed by atoms with Gasteiger partial charge in [-0.05, 0) is 92.0 Å². The molecule has 0 fully saturated rings. The van der Waals surface area contributed by atoms with Gasteiger partial charge in [-0.1, -0.05) is 152 Å². The SMILES string of the molecule is [2H]C([2H])([2H])c1c[c-]c(-c2nccn2-c2c(C([2H])(C)C)cc(-c3ccccc3)cc2C([2H])(C)C)cc1-c1ccccc1.[2H]C([2H])(c1ccc(-c2ccnc(-c3[c-]cccc3)c2)cc1)C(C)(C)C.[Ir]. The van der Waals surface area contributed by atoms with Gasteiger partial charge < -0.3 is 9.55 Å². The summed E-state index contributed by atoms with van der Waals surface area (Å²) >= 11 is 0. The van der Waals surface area contributed by atoms with E-state index in [9.17, 15) is 0 Å². The summed E-state index contributed by atoms with van der Waals surface area (Å²) in [5.74, 6) is -1.43. The van der Waals surface area contributed by atoms with Crippen LogP contribution in [0.25, 0.3) is 61.7 Å². The molecule has 0 aliphatic rings. The Morgan fingerprint density at radius 1 is 0.650 bits per heavy atom. The first kappa shape index (κ1) is 35.1. The number of nitrogens with zero attached hydrogens (tertiary/aromatic N) is 3. The number of aryl methyl sites for hydroxylation is 1. The molecule has 3 nitrogen and oxygen atoms in total. The van der Waals surface area contributed by atoms with E-state index in [-0.39, 0.29) is 25.7 Å². The quantitative estimate of drug-likeness (QED) is 0.135. The first-order valence-electron chi connectivity index (χ1n) is 23.5. The van der Waals surface area contributed by atoms with E-state index in [4.69, 9.17) is 9.60 Å². The Bertz CT molecular complexity index is 2880. The maximum atomic E-state index is 9.13. The van der Waals surface area contributed by atoms with Gasteiger partial charge in [0.15, 0.2) is 0 Å². The molecule has 0 aliphatic heterocycles. The molecule has 60 heavy (non-hydrogen) atoms. The molecule has 0 amide bonds. The van der Waals surface area contributed by atoms with Crippen molar-refractivity contribution in [1.29, 1.82) is 0 Å². The second-order valence-corrected chi connectivity index (χ2v) is 16.1. The molecule has 6 aromatic carbocycles. The molecule has 0 saturated heterocycles. The number of aromatic nitrogens is 3. The Morgan fingerprint density at radius 3 is 1.88 bits per heavy atom. The van der Waals surface area contributed by atoms with E-state index < -0.39 is 30.4 Å². The molecular weight excluding hydrogens is 907 g/mol. The Morgan fingerprint density at radius 2 is 1.28 bits per heavy atom. The van der Waals surface area contributed by atoms with Gasteiger partial charge in [-0.3, -0.25) is 4.98 Å². The van der Waals surface area contributed by atoms with E-state index in [0.717, 1.165) is 55.9 Å². The van der Waals surface area contributed by atoms with Crippen LogP contribution < -0.4 is 0 Å². The van der Waals surface area contributed by atoms with Crippen molar-refractivity contribution in [3.63, 3.8) is 0 Å². The molecule has 2 heterocycles. The molecule has 0 bridgehead atoms. The van der Waals surface area contributed by atoms with E-state index >= 15 is 0 Å². The first-order chi connectivity index (χ1) is 31.0. The van der Waals surface area contributed by atoms with Crippen molar-refractivity contribution in [3.8, 4) is 61.7 Å². The largest absolute Gasteiger partial charge is 0.340 e. The average molecular weight is 969 g/mol. The zero-order valence-corrected chi connectivity index (χ0v) is 37.7. The zero-order chi connectivity index (χ0) is 47.7. The van der Waals surface area contributed by atoms with Crippen LogP contribution in [0.15, 0.2) is 164 Å². The van der Waals surface area contributed by atoms with Crippen molar-refractivity contribution in [3.05, 3.63) is 199 Å². The average Bonchev–Trinajstić information content (AvgIpc) is 3.78. The molecule has 4 heteroatoms. The summed E-state index contributed by atoms with van der Waals surface area (Å²) in [5, 5.41) is 0. The minimum atomic E-state index is -2.31. The van der Waals surface area contributed by atoms with Gasteiger partial charge in [-0.15, -0.1) is 65.2 Å². The minimum absolute atomic E-state index is 0. The Labute approximate surface area is 381 Å². The van der Waals surface area contributed by atoms with E-state index in [1.165, 1.54) is 6.07 Å². The fourth-order valence-corrected chi connectivity index (χ4v) is 7.10. The van der Waals surface area contributed by atoms with Gasteiger partial charge in [0.2, 0.25) is 0 Å². The van der Waals surface area contributed by atoms with Crippen LogP contribution in [0.4, 0.5) is 0 Å². The van der Waals surface area contributed by atoms with Crippen LogP contribution in [0, 0.1) is 24.4 Å². The molecule has 0 unspecified atom stereocenters. The number of benzene rings is 6. The second-order valence-electron chi connectivity index (χ2n) is 16.1. The van der Waals surface area contributed by atoms with E-state index in [0.29, 0.717) is 22.5 Å². The molecular formula is C56H55IrN3-2. The van der Waals surface area contributed by atoms with E-state index in [1.54, 1.807) is 12.4 Å².